The largest absolute Gasteiger partial charge is 0.350 e. The van der Waals surface area contributed by atoms with Crippen LogP contribution in [0.25, 0.3) is 0 Å². The molecule has 1 aliphatic rings. The molecular weight excluding hydrogens is 206 g/mol. The molecule has 1 amide bonds. The molecule has 1 saturated heterocycles. The molecule has 0 bridgehead atoms. The Morgan fingerprint density at radius 1 is 1.43 bits per heavy atom. The molecule has 1 N–H and O–H groups in total. The SMILES string of the molecule is CC(=O)NC1COC(C)(C)OCC1Cl. The fourth-order valence-corrected chi connectivity index (χ4v) is 1.42. The van der Waals surface area contributed by atoms with Gasteiger partial charge < -0.3 is 14.8 Å². The first-order chi connectivity index (χ1) is 6.41. The Balaban J connectivity index is 2.56. The zero-order chi connectivity index (χ0) is 10.8. The first-order valence-corrected chi connectivity index (χ1v) is 5.03. The van der Waals surface area contributed by atoms with Gasteiger partial charge in [-0.25, -0.2) is 0 Å². The fraction of sp³-hybridized carbons (Fsp3) is 0.889. The fourth-order valence-electron chi connectivity index (χ4n) is 1.23. The van der Waals surface area contributed by atoms with Crippen molar-refractivity contribution in [3.8, 4) is 0 Å². The molecule has 5 heteroatoms. The van der Waals surface area contributed by atoms with Gasteiger partial charge >= 0.3 is 0 Å². The van der Waals surface area contributed by atoms with Crippen molar-refractivity contribution in [2.75, 3.05) is 13.2 Å². The average molecular weight is 222 g/mol. The van der Waals surface area contributed by atoms with Gasteiger partial charge in [-0.1, -0.05) is 0 Å². The third kappa shape index (κ3) is 3.44. The molecule has 82 valence electrons. The molecule has 0 aliphatic carbocycles. The Hall–Kier alpha value is -0.320. The predicted molar refractivity (Wildman–Crippen MR) is 53.2 cm³/mol. The lowest BCUT2D eigenvalue weighted by Gasteiger charge is -2.22. The molecule has 4 nitrogen and oxygen atoms in total. The minimum absolute atomic E-state index is 0.107. The number of ether oxygens (including phenoxy) is 2. The number of hydrogen-bond acceptors (Lipinski definition) is 3. The van der Waals surface area contributed by atoms with E-state index in [9.17, 15) is 4.79 Å². The van der Waals surface area contributed by atoms with Gasteiger partial charge in [0.1, 0.15) is 0 Å². The molecule has 1 rings (SSSR count). The monoisotopic (exact) mass is 221 g/mol. The van der Waals surface area contributed by atoms with Gasteiger partial charge in [-0.15, -0.1) is 11.6 Å². The van der Waals surface area contributed by atoms with E-state index in [0.29, 0.717) is 13.2 Å². The van der Waals surface area contributed by atoms with Crippen LogP contribution in [0.4, 0.5) is 0 Å². The second-order valence-electron chi connectivity index (χ2n) is 3.84. The van der Waals surface area contributed by atoms with Crippen LogP contribution in [0.3, 0.4) is 0 Å². The minimum atomic E-state index is -0.625. The number of carbonyl (C=O) groups excluding carboxylic acids is 1. The number of rotatable bonds is 1. The summed E-state index contributed by atoms with van der Waals surface area (Å²) in [5, 5.41) is 2.48. The van der Waals surface area contributed by atoms with Gasteiger partial charge in [-0.05, 0) is 13.8 Å². The number of nitrogens with one attached hydrogen (secondary N) is 1. The van der Waals surface area contributed by atoms with Gasteiger partial charge in [0.15, 0.2) is 5.79 Å². The van der Waals surface area contributed by atoms with Gasteiger partial charge in [-0.2, -0.15) is 0 Å². The number of halogens is 1. The highest BCUT2D eigenvalue weighted by atomic mass is 35.5. The Morgan fingerprint density at radius 3 is 2.57 bits per heavy atom. The standard InChI is InChI=1S/C9H16ClNO3/c1-6(12)11-8-5-14-9(2,3)13-4-7(8)10/h7-8H,4-5H2,1-3H3,(H,11,12). The Labute approximate surface area is 88.9 Å². The number of alkyl halides is 1. The highest BCUT2D eigenvalue weighted by Crippen LogP contribution is 2.19. The molecule has 1 heterocycles. The van der Waals surface area contributed by atoms with Crippen molar-refractivity contribution >= 4 is 17.5 Å². The van der Waals surface area contributed by atoms with E-state index < -0.39 is 5.79 Å². The van der Waals surface area contributed by atoms with E-state index in [4.69, 9.17) is 21.1 Å². The maximum absolute atomic E-state index is 10.9. The normalized spacial score (nSPS) is 32.0. The van der Waals surface area contributed by atoms with Crippen LogP contribution >= 0.6 is 11.6 Å². The topological polar surface area (TPSA) is 47.6 Å². The Morgan fingerprint density at radius 2 is 2.00 bits per heavy atom. The lowest BCUT2D eigenvalue weighted by molar-refractivity contribution is -0.200. The van der Waals surface area contributed by atoms with E-state index in [0.717, 1.165) is 0 Å². The highest BCUT2D eigenvalue weighted by Gasteiger charge is 2.31. The molecule has 0 saturated carbocycles. The zero-order valence-electron chi connectivity index (χ0n) is 8.67. The molecule has 1 aliphatic heterocycles. The predicted octanol–water partition coefficient (Wildman–Crippen LogP) is 0.881. The number of hydrogen-bond donors (Lipinski definition) is 1. The van der Waals surface area contributed by atoms with E-state index in [1.165, 1.54) is 6.92 Å². The van der Waals surface area contributed by atoms with E-state index in [-0.39, 0.29) is 17.3 Å². The van der Waals surface area contributed by atoms with Crippen LogP contribution < -0.4 is 5.32 Å². The summed E-state index contributed by atoms with van der Waals surface area (Å²) in [4.78, 5) is 10.9. The lowest BCUT2D eigenvalue weighted by atomic mass is 10.2. The van der Waals surface area contributed by atoms with Crippen LogP contribution in [0.5, 0.6) is 0 Å². The van der Waals surface area contributed by atoms with Crippen LogP contribution in [0.15, 0.2) is 0 Å². The molecule has 0 radical (unpaired) electrons. The molecule has 2 atom stereocenters. The van der Waals surface area contributed by atoms with Crippen LogP contribution in [0.2, 0.25) is 0 Å². The van der Waals surface area contributed by atoms with Gasteiger partial charge in [0.05, 0.1) is 24.6 Å². The summed E-state index contributed by atoms with van der Waals surface area (Å²) in [5.74, 6) is -0.732. The third-order valence-corrected chi connectivity index (χ3v) is 2.46. The average Bonchev–Trinajstić information content (AvgIpc) is 2.17. The molecular formula is C9H16ClNO3. The van der Waals surface area contributed by atoms with Crippen molar-refractivity contribution in [2.24, 2.45) is 0 Å². The summed E-state index contributed by atoms with van der Waals surface area (Å²) in [7, 11) is 0. The summed E-state index contributed by atoms with van der Waals surface area (Å²) in [5.41, 5.74) is 0. The van der Waals surface area contributed by atoms with Crippen molar-refractivity contribution < 1.29 is 14.3 Å². The van der Waals surface area contributed by atoms with Crippen molar-refractivity contribution in [2.45, 2.75) is 38.0 Å². The van der Waals surface area contributed by atoms with Crippen molar-refractivity contribution in [3.63, 3.8) is 0 Å². The molecule has 2 unspecified atom stereocenters. The van der Waals surface area contributed by atoms with Crippen LogP contribution in [0.1, 0.15) is 20.8 Å². The van der Waals surface area contributed by atoms with Gasteiger partial charge in [0.25, 0.3) is 0 Å². The van der Waals surface area contributed by atoms with Crippen molar-refractivity contribution in [1.82, 2.24) is 5.32 Å². The molecule has 1 fully saturated rings. The quantitative estimate of drug-likeness (QED) is 0.669. The van der Waals surface area contributed by atoms with E-state index in [1.54, 1.807) is 0 Å². The highest BCUT2D eigenvalue weighted by molar-refractivity contribution is 6.21. The zero-order valence-corrected chi connectivity index (χ0v) is 9.43. The van der Waals surface area contributed by atoms with Crippen molar-refractivity contribution in [1.29, 1.82) is 0 Å². The van der Waals surface area contributed by atoms with E-state index in [2.05, 4.69) is 5.32 Å². The van der Waals surface area contributed by atoms with Crippen LogP contribution in [0, 0.1) is 0 Å². The Bertz CT molecular complexity index is 220. The van der Waals surface area contributed by atoms with Gasteiger partial charge in [0, 0.05) is 6.92 Å². The first-order valence-electron chi connectivity index (χ1n) is 4.60. The Kier molecular flexibility index (Phi) is 3.75. The smallest absolute Gasteiger partial charge is 0.217 e. The molecule has 14 heavy (non-hydrogen) atoms. The lowest BCUT2D eigenvalue weighted by Crippen LogP contribution is -2.43. The maximum atomic E-state index is 10.9. The second-order valence-corrected chi connectivity index (χ2v) is 4.41. The van der Waals surface area contributed by atoms with E-state index >= 15 is 0 Å². The maximum Gasteiger partial charge on any atom is 0.217 e. The first kappa shape index (κ1) is 11.8. The number of amides is 1. The molecule has 0 spiro atoms. The van der Waals surface area contributed by atoms with Gasteiger partial charge in [-0.3, -0.25) is 4.79 Å². The number of carbonyl (C=O) groups is 1. The molecule has 0 aromatic carbocycles. The third-order valence-electron chi connectivity index (χ3n) is 2.03. The second kappa shape index (κ2) is 4.47. The van der Waals surface area contributed by atoms with Crippen molar-refractivity contribution in [3.05, 3.63) is 0 Å². The van der Waals surface area contributed by atoms with E-state index in [1.807, 2.05) is 13.8 Å². The summed E-state index contributed by atoms with van der Waals surface area (Å²) in [6, 6.07) is -0.184. The summed E-state index contributed by atoms with van der Waals surface area (Å²) >= 11 is 6.04. The van der Waals surface area contributed by atoms with Crippen LogP contribution in [-0.4, -0.2) is 36.3 Å². The minimum Gasteiger partial charge on any atom is -0.350 e. The molecule has 0 aromatic heterocycles. The van der Waals surface area contributed by atoms with Gasteiger partial charge in [0.2, 0.25) is 5.91 Å². The summed E-state index contributed by atoms with van der Waals surface area (Å²) < 4.78 is 10.9. The summed E-state index contributed by atoms with van der Waals surface area (Å²) in [6.45, 7) is 5.86. The molecule has 0 aromatic rings. The summed E-state index contributed by atoms with van der Waals surface area (Å²) in [6.07, 6.45) is 0. The van der Waals surface area contributed by atoms with Crippen LogP contribution in [-0.2, 0) is 14.3 Å².